The van der Waals surface area contributed by atoms with Gasteiger partial charge in [0.15, 0.2) is 0 Å². The molecule has 0 saturated heterocycles. The highest BCUT2D eigenvalue weighted by molar-refractivity contribution is 5.97. The van der Waals surface area contributed by atoms with Gasteiger partial charge in [0.2, 0.25) is 5.91 Å². The van der Waals surface area contributed by atoms with Crippen LogP contribution in [0.1, 0.15) is 52.0 Å². The van der Waals surface area contributed by atoms with Crippen LogP contribution in [0.25, 0.3) is 0 Å². The summed E-state index contributed by atoms with van der Waals surface area (Å²) in [6.07, 6.45) is -6.89. The third kappa shape index (κ3) is 8.40. The molecule has 13 heteroatoms. The molecular formula is C24H23F6N3O4. The number of ether oxygens (including phenoxy) is 1. The van der Waals surface area contributed by atoms with Crippen molar-refractivity contribution < 1.29 is 45.5 Å². The molecule has 0 spiro atoms. The van der Waals surface area contributed by atoms with Gasteiger partial charge < -0.3 is 20.7 Å². The molecule has 1 fully saturated rings. The molecule has 0 aromatic heterocycles. The maximum atomic E-state index is 12.8. The Kier molecular flexibility index (Phi) is 8.66. The molecule has 0 aliphatic heterocycles. The van der Waals surface area contributed by atoms with Crippen LogP contribution in [-0.2, 0) is 11.0 Å². The van der Waals surface area contributed by atoms with E-state index in [4.69, 9.17) is 0 Å². The predicted molar refractivity (Wildman–Crippen MR) is 119 cm³/mol. The Balaban J connectivity index is 1.54. The van der Waals surface area contributed by atoms with Gasteiger partial charge in [0.05, 0.1) is 12.1 Å². The summed E-state index contributed by atoms with van der Waals surface area (Å²) in [6, 6.07) is 7.20. The molecule has 3 N–H and O–H groups in total. The third-order valence-electron chi connectivity index (χ3n) is 5.64. The molecular weight excluding hydrogens is 508 g/mol. The van der Waals surface area contributed by atoms with Crippen LogP contribution in [-0.4, -0.2) is 42.7 Å². The molecule has 0 heterocycles. The first kappa shape index (κ1) is 27.8. The third-order valence-corrected chi connectivity index (χ3v) is 5.64. The number of nitrogens with one attached hydrogen (secondary N) is 3. The van der Waals surface area contributed by atoms with Crippen molar-refractivity contribution in [2.45, 2.75) is 50.3 Å². The molecule has 0 unspecified atom stereocenters. The van der Waals surface area contributed by atoms with Gasteiger partial charge in [-0.25, -0.2) is 0 Å². The minimum absolute atomic E-state index is 0.0959. The summed E-state index contributed by atoms with van der Waals surface area (Å²) in [5, 5.41) is 7.74. The van der Waals surface area contributed by atoms with Crippen molar-refractivity contribution in [1.29, 1.82) is 0 Å². The summed E-state index contributed by atoms with van der Waals surface area (Å²) >= 11 is 0. The van der Waals surface area contributed by atoms with E-state index in [0.29, 0.717) is 18.9 Å². The van der Waals surface area contributed by atoms with Crippen LogP contribution < -0.4 is 20.7 Å². The van der Waals surface area contributed by atoms with Gasteiger partial charge in [-0.3, -0.25) is 14.4 Å². The summed E-state index contributed by atoms with van der Waals surface area (Å²) < 4.78 is 79.2. The highest BCUT2D eigenvalue weighted by atomic mass is 19.4. The van der Waals surface area contributed by atoms with Gasteiger partial charge in [0, 0.05) is 23.2 Å². The van der Waals surface area contributed by atoms with Gasteiger partial charge in [-0.05, 0) is 55.3 Å². The van der Waals surface area contributed by atoms with Gasteiger partial charge in [-0.1, -0.05) is 18.9 Å². The molecule has 1 aliphatic carbocycles. The van der Waals surface area contributed by atoms with E-state index in [1.54, 1.807) is 0 Å². The minimum Gasteiger partial charge on any atom is -0.406 e. The molecule has 2 atom stereocenters. The summed E-state index contributed by atoms with van der Waals surface area (Å²) in [6.45, 7) is -0.493. The second-order valence-electron chi connectivity index (χ2n) is 8.37. The Bertz CT molecular complexity index is 1120. The summed E-state index contributed by atoms with van der Waals surface area (Å²) in [5.41, 5.74) is -1.15. The second-order valence-corrected chi connectivity index (χ2v) is 8.37. The molecule has 37 heavy (non-hydrogen) atoms. The van der Waals surface area contributed by atoms with Crippen molar-refractivity contribution in [3.63, 3.8) is 0 Å². The van der Waals surface area contributed by atoms with E-state index in [2.05, 4.69) is 20.7 Å². The number of halogens is 6. The molecule has 2 aromatic rings. The number of alkyl halides is 6. The van der Waals surface area contributed by atoms with Crippen molar-refractivity contribution in [1.82, 2.24) is 16.0 Å². The zero-order valence-corrected chi connectivity index (χ0v) is 19.2. The standard InChI is InChI=1S/C24H23F6N3O4/c25-23(26,27)16-5-3-4-15(12-16)21(35)31-13-20(34)32-18-6-1-2-7-19(18)33-22(36)14-8-10-17(11-9-14)37-24(28,29)30/h3-5,8-12,18-19H,1-2,6-7,13H2,(H,31,35)(H,32,34)(H,33,36)/t18-,19+/m1/s1. The number of rotatable bonds is 7. The van der Waals surface area contributed by atoms with Crippen LogP contribution in [0, 0.1) is 0 Å². The Morgan fingerprint density at radius 1 is 0.811 bits per heavy atom. The van der Waals surface area contributed by atoms with Crippen LogP contribution in [0.15, 0.2) is 48.5 Å². The first-order valence-electron chi connectivity index (χ1n) is 11.2. The molecule has 1 saturated carbocycles. The summed E-state index contributed by atoms with van der Waals surface area (Å²) in [5.74, 6) is -2.48. The van der Waals surface area contributed by atoms with E-state index >= 15 is 0 Å². The van der Waals surface area contributed by atoms with Crippen molar-refractivity contribution >= 4 is 17.7 Å². The first-order chi connectivity index (χ1) is 17.3. The van der Waals surface area contributed by atoms with Crippen molar-refractivity contribution in [2.24, 2.45) is 0 Å². The highest BCUT2D eigenvalue weighted by Gasteiger charge is 2.32. The largest absolute Gasteiger partial charge is 0.573 e. The number of hydrogen-bond donors (Lipinski definition) is 3. The lowest BCUT2D eigenvalue weighted by Crippen LogP contribution is -2.54. The number of benzene rings is 2. The zero-order valence-electron chi connectivity index (χ0n) is 19.2. The predicted octanol–water partition coefficient (Wildman–Crippen LogP) is 4.19. The molecule has 0 bridgehead atoms. The lowest BCUT2D eigenvalue weighted by atomic mass is 9.90. The van der Waals surface area contributed by atoms with Gasteiger partial charge in [-0.2, -0.15) is 13.2 Å². The Morgan fingerprint density at radius 2 is 1.43 bits per heavy atom. The molecule has 3 rings (SSSR count). The van der Waals surface area contributed by atoms with Crippen LogP contribution in [0.3, 0.4) is 0 Å². The van der Waals surface area contributed by atoms with Crippen LogP contribution in [0.4, 0.5) is 26.3 Å². The van der Waals surface area contributed by atoms with Gasteiger partial charge >= 0.3 is 12.5 Å². The minimum atomic E-state index is -4.86. The van der Waals surface area contributed by atoms with E-state index in [1.807, 2.05) is 0 Å². The Morgan fingerprint density at radius 3 is 2.03 bits per heavy atom. The van der Waals surface area contributed by atoms with Crippen molar-refractivity contribution in [3.05, 3.63) is 65.2 Å². The Labute approximate surface area is 207 Å². The van der Waals surface area contributed by atoms with Crippen LogP contribution in [0.2, 0.25) is 0 Å². The lowest BCUT2D eigenvalue weighted by Gasteiger charge is -2.33. The maximum absolute atomic E-state index is 12.8. The molecule has 3 amide bonds. The monoisotopic (exact) mass is 531 g/mol. The summed E-state index contributed by atoms with van der Waals surface area (Å²) in [4.78, 5) is 37.2. The van der Waals surface area contributed by atoms with E-state index in [1.165, 1.54) is 18.2 Å². The molecule has 1 aliphatic rings. The summed E-state index contributed by atoms with van der Waals surface area (Å²) in [7, 11) is 0. The van der Waals surface area contributed by atoms with E-state index in [9.17, 15) is 40.7 Å². The number of carbonyl (C=O) groups excluding carboxylic acids is 3. The van der Waals surface area contributed by atoms with Gasteiger partial charge in [0.1, 0.15) is 5.75 Å². The highest BCUT2D eigenvalue weighted by Crippen LogP contribution is 2.29. The fourth-order valence-electron chi connectivity index (χ4n) is 3.89. The van der Waals surface area contributed by atoms with Crippen molar-refractivity contribution in [2.75, 3.05) is 6.54 Å². The van der Waals surface area contributed by atoms with E-state index in [-0.39, 0.29) is 11.1 Å². The van der Waals surface area contributed by atoms with E-state index < -0.39 is 60.2 Å². The second kappa shape index (κ2) is 11.5. The normalized spacial score (nSPS) is 18.0. The Hall–Kier alpha value is -3.77. The lowest BCUT2D eigenvalue weighted by molar-refractivity contribution is -0.274. The molecule has 7 nitrogen and oxygen atoms in total. The maximum Gasteiger partial charge on any atom is 0.573 e. The molecule has 200 valence electrons. The fraction of sp³-hybridized carbons (Fsp3) is 0.375. The van der Waals surface area contributed by atoms with Crippen molar-refractivity contribution in [3.8, 4) is 5.75 Å². The van der Waals surface area contributed by atoms with Crippen LogP contribution in [0.5, 0.6) is 5.75 Å². The first-order valence-corrected chi connectivity index (χ1v) is 11.2. The average molecular weight is 531 g/mol. The smallest absolute Gasteiger partial charge is 0.406 e. The topological polar surface area (TPSA) is 96.5 Å². The average Bonchev–Trinajstić information content (AvgIpc) is 2.82. The number of hydrogen-bond acceptors (Lipinski definition) is 4. The fourth-order valence-corrected chi connectivity index (χ4v) is 3.89. The SMILES string of the molecule is O=C(CNC(=O)c1cccc(C(F)(F)F)c1)N[C@@H]1CCCC[C@@H]1NC(=O)c1ccc(OC(F)(F)F)cc1. The number of carbonyl (C=O) groups is 3. The van der Waals surface area contributed by atoms with Crippen LogP contribution >= 0.6 is 0 Å². The molecule has 2 aromatic carbocycles. The number of amides is 3. The van der Waals surface area contributed by atoms with Gasteiger partial charge in [-0.15, -0.1) is 13.2 Å². The molecule has 0 radical (unpaired) electrons. The zero-order chi connectivity index (χ0) is 27.2. The van der Waals surface area contributed by atoms with E-state index in [0.717, 1.165) is 37.1 Å². The quantitative estimate of drug-likeness (QED) is 0.467. The van der Waals surface area contributed by atoms with Gasteiger partial charge in [0.25, 0.3) is 11.8 Å².